The van der Waals surface area contributed by atoms with E-state index in [2.05, 4.69) is 5.32 Å². The van der Waals surface area contributed by atoms with Crippen LogP contribution in [0.25, 0.3) is 0 Å². The monoisotopic (exact) mass is 405 g/mol. The summed E-state index contributed by atoms with van der Waals surface area (Å²) >= 11 is 0. The summed E-state index contributed by atoms with van der Waals surface area (Å²) in [7, 11) is 0. The van der Waals surface area contributed by atoms with Crippen molar-refractivity contribution >= 4 is 29.4 Å². The van der Waals surface area contributed by atoms with Crippen LogP contribution in [0.1, 0.15) is 40.5 Å². The normalized spacial score (nSPS) is 14.0. The van der Waals surface area contributed by atoms with Gasteiger partial charge in [0, 0.05) is 12.1 Å². The first kappa shape index (κ1) is 22.2. The van der Waals surface area contributed by atoms with Gasteiger partial charge in [-0.25, -0.2) is 14.6 Å². The second-order valence-electron chi connectivity index (χ2n) is 6.86. The maximum atomic E-state index is 12.7. The number of rotatable bonds is 10. The predicted molar refractivity (Wildman–Crippen MR) is 106 cm³/mol. The lowest BCUT2D eigenvalue weighted by Crippen LogP contribution is -2.43. The highest BCUT2D eigenvalue weighted by Crippen LogP contribution is 2.34. The summed E-state index contributed by atoms with van der Waals surface area (Å²) in [6.07, 6.45) is 1.57. The lowest BCUT2D eigenvalue weighted by Gasteiger charge is -2.18. The first-order chi connectivity index (χ1) is 13.8. The zero-order valence-corrected chi connectivity index (χ0v) is 17.2. The molecule has 1 heterocycles. The Morgan fingerprint density at radius 3 is 2.21 bits per heavy atom. The van der Waals surface area contributed by atoms with E-state index in [1.54, 1.807) is 19.9 Å². The molecule has 1 saturated heterocycles. The van der Waals surface area contributed by atoms with E-state index in [-0.39, 0.29) is 11.7 Å². The summed E-state index contributed by atoms with van der Waals surface area (Å²) in [5.74, 6) is -1.72. The Kier molecular flexibility index (Phi) is 7.58. The Hall–Kier alpha value is -3.10. The number of amides is 5. The molecule has 158 valence electrons. The van der Waals surface area contributed by atoms with Gasteiger partial charge in [-0.3, -0.25) is 14.4 Å². The smallest absolute Gasteiger partial charge is 0.339 e. The molecule has 5 amide bonds. The van der Waals surface area contributed by atoms with Crippen molar-refractivity contribution in [3.8, 4) is 11.5 Å². The molecule has 0 radical (unpaired) electrons. The first-order valence-electron chi connectivity index (χ1n) is 9.69. The number of imide groups is 2. The van der Waals surface area contributed by atoms with Gasteiger partial charge in [-0.2, -0.15) is 0 Å². The Labute approximate surface area is 169 Å². The number of urea groups is 1. The number of carbonyl (C=O) groups is 4. The van der Waals surface area contributed by atoms with Gasteiger partial charge >= 0.3 is 17.8 Å². The number of hydrogen-bond donors (Lipinski definition) is 1. The summed E-state index contributed by atoms with van der Waals surface area (Å²) in [6, 6.07) is 3.56. The minimum Gasteiger partial charge on any atom is -0.490 e. The van der Waals surface area contributed by atoms with Crippen molar-refractivity contribution in [2.24, 2.45) is 0 Å². The molecule has 0 bridgehead atoms. The van der Waals surface area contributed by atoms with Crippen LogP contribution in [-0.2, 0) is 14.4 Å². The molecule has 0 unspecified atom stereocenters. The van der Waals surface area contributed by atoms with Gasteiger partial charge in [-0.05, 0) is 38.8 Å². The fourth-order valence-electron chi connectivity index (χ4n) is 2.68. The third-order valence-corrected chi connectivity index (χ3v) is 3.91. The SMILES string of the molecule is CCCOc1ccc(N2C(=O)C(=O)N(CC(=O)NC(C)C)C2=O)cc1OCCC. The van der Waals surface area contributed by atoms with Crippen molar-refractivity contribution in [1.82, 2.24) is 10.2 Å². The molecule has 0 aromatic heterocycles. The van der Waals surface area contributed by atoms with E-state index in [9.17, 15) is 19.2 Å². The van der Waals surface area contributed by atoms with Crippen LogP contribution in [0.4, 0.5) is 10.5 Å². The summed E-state index contributed by atoms with van der Waals surface area (Å²) in [5, 5.41) is 2.59. The molecular weight excluding hydrogens is 378 g/mol. The van der Waals surface area contributed by atoms with Gasteiger partial charge in [0.25, 0.3) is 0 Å². The van der Waals surface area contributed by atoms with Crippen molar-refractivity contribution in [1.29, 1.82) is 0 Å². The van der Waals surface area contributed by atoms with E-state index in [4.69, 9.17) is 9.47 Å². The summed E-state index contributed by atoms with van der Waals surface area (Å²) < 4.78 is 11.3. The molecule has 2 rings (SSSR count). The highest BCUT2D eigenvalue weighted by molar-refractivity contribution is 6.53. The van der Waals surface area contributed by atoms with Crippen LogP contribution in [0.15, 0.2) is 18.2 Å². The van der Waals surface area contributed by atoms with Crippen LogP contribution in [-0.4, -0.2) is 54.5 Å². The highest BCUT2D eigenvalue weighted by atomic mass is 16.5. The van der Waals surface area contributed by atoms with Crippen molar-refractivity contribution in [2.75, 3.05) is 24.7 Å². The quantitative estimate of drug-likeness (QED) is 0.472. The maximum absolute atomic E-state index is 12.7. The van der Waals surface area contributed by atoms with E-state index in [0.717, 1.165) is 17.7 Å². The number of nitrogens with one attached hydrogen (secondary N) is 1. The largest absolute Gasteiger partial charge is 0.490 e. The Balaban J connectivity index is 2.28. The standard InChI is InChI=1S/C20H27N3O6/c1-5-9-28-15-8-7-14(11-16(15)29-10-6-2)23-19(26)18(25)22(20(23)27)12-17(24)21-13(3)4/h7-8,11,13H,5-6,9-10,12H2,1-4H3,(H,21,24). The summed E-state index contributed by atoms with van der Waals surface area (Å²) in [4.78, 5) is 50.7. The van der Waals surface area contributed by atoms with Gasteiger partial charge in [0.15, 0.2) is 11.5 Å². The second kappa shape index (κ2) is 9.90. The molecule has 1 aliphatic rings. The molecule has 9 nitrogen and oxygen atoms in total. The predicted octanol–water partition coefficient (Wildman–Crippen LogP) is 2.08. The van der Waals surface area contributed by atoms with Gasteiger partial charge < -0.3 is 14.8 Å². The van der Waals surface area contributed by atoms with E-state index in [1.165, 1.54) is 12.1 Å². The molecule has 0 saturated carbocycles. The Morgan fingerprint density at radius 2 is 1.62 bits per heavy atom. The molecule has 1 fully saturated rings. The number of hydrogen-bond acceptors (Lipinski definition) is 6. The molecule has 0 atom stereocenters. The lowest BCUT2D eigenvalue weighted by molar-refractivity contribution is -0.140. The topological polar surface area (TPSA) is 105 Å². The minimum atomic E-state index is -1.05. The van der Waals surface area contributed by atoms with Gasteiger partial charge in [0.2, 0.25) is 5.91 Å². The van der Waals surface area contributed by atoms with Crippen molar-refractivity contribution in [3.05, 3.63) is 18.2 Å². The number of ether oxygens (including phenoxy) is 2. The van der Waals surface area contributed by atoms with Crippen LogP contribution in [0.3, 0.4) is 0 Å². The number of carbonyl (C=O) groups excluding carboxylic acids is 4. The average molecular weight is 405 g/mol. The lowest BCUT2D eigenvalue weighted by atomic mass is 10.2. The number of nitrogens with zero attached hydrogens (tertiary/aromatic N) is 2. The van der Waals surface area contributed by atoms with E-state index < -0.39 is 30.3 Å². The second-order valence-corrected chi connectivity index (χ2v) is 6.86. The van der Waals surface area contributed by atoms with E-state index >= 15 is 0 Å². The first-order valence-corrected chi connectivity index (χ1v) is 9.69. The third-order valence-electron chi connectivity index (χ3n) is 3.91. The van der Waals surface area contributed by atoms with Crippen LogP contribution >= 0.6 is 0 Å². The Morgan fingerprint density at radius 1 is 1.00 bits per heavy atom. The number of benzene rings is 1. The van der Waals surface area contributed by atoms with Crippen molar-refractivity contribution in [2.45, 2.75) is 46.6 Å². The van der Waals surface area contributed by atoms with E-state index in [1.807, 2.05) is 13.8 Å². The molecular formula is C20H27N3O6. The third kappa shape index (κ3) is 5.24. The van der Waals surface area contributed by atoms with Crippen LogP contribution in [0.5, 0.6) is 11.5 Å². The molecule has 1 aliphatic heterocycles. The molecule has 1 N–H and O–H groups in total. The minimum absolute atomic E-state index is 0.156. The van der Waals surface area contributed by atoms with Gasteiger partial charge in [0.05, 0.1) is 18.9 Å². The average Bonchev–Trinajstić information content (AvgIpc) is 2.87. The van der Waals surface area contributed by atoms with Gasteiger partial charge in [-0.1, -0.05) is 13.8 Å². The molecule has 9 heteroatoms. The molecule has 1 aromatic carbocycles. The van der Waals surface area contributed by atoms with Gasteiger partial charge in [-0.15, -0.1) is 0 Å². The zero-order valence-electron chi connectivity index (χ0n) is 17.2. The van der Waals surface area contributed by atoms with Crippen molar-refractivity contribution < 1.29 is 28.7 Å². The number of anilines is 1. The maximum Gasteiger partial charge on any atom is 0.339 e. The molecule has 1 aromatic rings. The van der Waals surface area contributed by atoms with Crippen LogP contribution in [0, 0.1) is 0 Å². The molecule has 0 spiro atoms. The van der Waals surface area contributed by atoms with Crippen molar-refractivity contribution in [3.63, 3.8) is 0 Å². The molecule has 0 aliphatic carbocycles. The summed E-state index contributed by atoms with van der Waals surface area (Å²) in [5.41, 5.74) is 0.176. The zero-order chi connectivity index (χ0) is 21.6. The fourth-order valence-corrected chi connectivity index (χ4v) is 2.68. The van der Waals surface area contributed by atoms with Gasteiger partial charge in [0.1, 0.15) is 6.54 Å². The summed E-state index contributed by atoms with van der Waals surface area (Å²) in [6.45, 7) is 7.82. The van der Waals surface area contributed by atoms with Crippen LogP contribution < -0.4 is 19.7 Å². The highest BCUT2D eigenvalue weighted by Gasteiger charge is 2.46. The van der Waals surface area contributed by atoms with E-state index in [0.29, 0.717) is 29.6 Å². The molecule has 29 heavy (non-hydrogen) atoms. The fraction of sp³-hybridized carbons (Fsp3) is 0.500. The Bertz CT molecular complexity index is 792. The van der Waals surface area contributed by atoms with Crippen LogP contribution in [0.2, 0.25) is 0 Å².